The Balaban J connectivity index is 2.11. The van der Waals surface area contributed by atoms with E-state index < -0.39 is 5.97 Å². The van der Waals surface area contributed by atoms with E-state index >= 15 is 0 Å². The Labute approximate surface area is 105 Å². The number of aromatic nitrogens is 1. The summed E-state index contributed by atoms with van der Waals surface area (Å²) in [5.41, 5.74) is 7.08. The second-order valence-electron chi connectivity index (χ2n) is 3.90. The number of carbonyl (C=O) groups excluding carboxylic acids is 1. The van der Waals surface area contributed by atoms with Gasteiger partial charge < -0.3 is 10.5 Å². The molecule has 0 aliphatic carbocycles. The van der Waals surface area contributed by atoms with Crippen molar-refractivity contribution < 1.29 is 9.53 Å². The van der Waals surface area contributed by atoms with Crippen molar-refractivity contribution in [3.8, 4) is 0 Å². The van der Waals surface area contributed by atoms with Crippen LogP contribution in [-0.4, -0.2) is 11.0 Å². The first-order chi connectivity index (χ1) is 8.68. The number of nitrogens with zero attached hydrogens (tertiary/aromatic N) is 1. The highest BCUT2D eigenvalue weighted by Crippen LogP contribution is 2.19. The monoisotopic (exact) mass is 242 g/mol. The van der Waals surface area contributed by atoms with Crippen LogP contribution in [0.25, 0.3) is 0 Å². The van der Waals surface area contributed by atoms with Crippen LogP contribution < -0.4 is 5.73 Å². The molecule has 1 aromatic carbocycles. The summed E-state index contributed by atoms with van der Waals surface area (Å²) in [5, 5.41) is 0. The van der Waals surface area contributed by atoms with Crippen LogP contribution >= 0.6 is 0 Å². The van der Waals surface area contributed by atoms with Crippen molar-refractivity contribution in [2.24, 2.45) is 0 Å². The summed E-state index contributed by atoms with van der Waals surface area (Å²) in [6, 6.07) is 12.8. The molecule has 0 aliphatic heterocycles. The van der Waals surface area contributed by atoms with Crippen molar-refractivity contribution >= 4 is 11.7 Å². The minimum absolute atomic E-state index is 0.153. The number of hydrogen-bond donors (Lipinski definition) is 1. The standard InChI is InChI=1S/C14H14N2O2/c1-10(11-6-3-2-4-7-11)18-14(17)13-12(15)8-5-9-16-13/h2-10H,15H2,1H3. The summed E-state index contributed by atoms with van der Waals surface area (Å²) >= 11 is 0. The van der Waals surface area contributed by atoms with Gasteiger partial charge in [0.25, 0.3) is 0 Å². The van der Waals surface area contributed by atoms with Crippen molar-refractivity contribution in [2.75, 3.05) is 5.73 Å². The van der Waals surface area contributed by atoms with Gasteiger partial charge in [-0.1, -0.05) is 30.3 Å². The van der Waals surface area contributed by atoms with Gasteiger partial charge in [-0.15, -0.1) is 0 Å². The molecular formula is C14H14N2O2. The fourth-order valence-electron chi connectivity index (χ4n) is 1.60. The first kappa shape index (κ1) is 12.1. The molecule has 18 heavy (non-hydrogen) atoms. The molecule has 0 saturated carbocycles. The van der Waals surface area contributed by atoms with E-state index in [0.717, 1.165) is 5.56 Å². The average Bonchev–Trinajstić information content (AvgIpc) is 2.40. The molecule has 0 saturated heterocycles. The number of pyridine rings is 1. The maximum Gasteiger partial charge on any atom is 0.359 e. The maximum absolute atomic E-state index is 11.9. The third-order valence-corrected chi connectivity index (χ3v) is 2.59. The Morgan fingerprint density at radius 2 is 1.94 bits per heavy atom. The lowest BCUT2D eigenvalue weighted by Crippen LogP contribution is -2.12. The Kier molecular flexibility index (Phi) is 3.57. The van der Waals surface area contributed by atoms with Crippen LogP contribution in [0.1, 0.15) is 29.1 Å². The van der Waals surface area contributed by atoms with E-state index in [-0.39, 0.29) is 11.8 Å². The number of nitrogen functional groups attached to an aromatic ring is 1. The predicted octanol–water partition coefficient (Wildman–Crippen LogP) is 2.58. The van der Waals surface area contributed by atoms with E-state index in [1.165, 1.54) is 6.20 Å². The third kappa shape index (κ3) is 2.66. The molecule has 0 aliphatic rings. The van der Waals surface area contributed by atoms with Crippen LogP contribution in [0.2, 0.25) is 0 Å². The predicted molar refractivity (Wildman–Crippen MR) is 68.9 cm³/mol. The van der Waals surface area contributed by atoms with Gasteiger partial charge >= 0.3 is 5.97 Å². The summed E-state index contributed by atoms with van der Waals surface area (Å²) in [6.45, 7) is 1.81. The lowest BCUT2D eigenvalue weighted by Gasteiger charge is -2.13. The van der Waals surface area contributed by atoms with Gasteiger partial charge in [0.2, 0.25) is 0 Å². The summed E-state index contributed by atoms with van der Waals surface area (Å²) in [5.74, 6) is -0.510. The highest BCUT2D eigenvalue weighted by Gasteiger charge is 2.16. The quantitative estimate of drug-likeness (QED) is 0.840. The van der Waals surface area contributed by atoms with E-state index in [1.54, 1.807) is 12.1 Å². The molecule has 4 heteroatoms. The van der Waals surface area contributed by atoms with Gasteiger partial charge in [0.15, 0.2) is 5.69 Å². The highest BCUT2D eigenvalue weighted by molar-refractivity contribution is 5.92. The molecule has 0 fully saturated rings. The van der Waals surface area contributed by atoms with Gasteiger partial charge in [-0.05, 0) is 24.6 Å². The van der Waals surface area contributed by atoms with Crippen molar-refractivity contribution in [2.45, 2.75) is 13.0 Å². The Morgan fingerprint density at radius 1 is 1.22 bits per heavy atom. The molecule has 0 amide bonds. The Morgan fingerprint density at radius 3 is 2.61 bits per heavy atom. The molecule has 0 spiro atoms. The number of ether oxygens (including phenoxy) is 1. The molecular weight excluding hydrogens is 228 g/mol. The van der Waals surface area contributed by atoms with E-state index in [2.05, 4.69) is 4.98 Å². The van der Waals surface area contributed by atoms with Crippen LogP contribution in [0, 0.1) is 0 Å². The highest BCUT2D eigenvalue weighted by atomic mass is 16.5. The van der Waals surface area contributed by atoms with Crippen LogP contribution in [0.5, 0.6) is 0 Å². The number of esters is 1. The van der Waals surface area contributed by atoms with Gasteiger partial charge in [0.05, 0.1) is 5.69 Å². The molecule has 2 rings (SSSR count). The Bertz CT molecular complexity index is 541. The zero-order chi connectivity index (χ0) is 13.0. The number of rotatable bonds is 3. The SMILES string of the molecule is CC(OC(=O)c1ncccc1N)c1ccccc1. The van der Waals surface area contributed by atoms with E-state index in [9.17, 15) is 4.79 Å². The first-order valence-corrected chi connectivity index (χ1v) is 5.65. The largest absolute Gasteiger partial charge is 0.453 e. The molecule has 1 atom stereocenters. The van der Waals surface area contributed by atoms with Crippen molar-refractivity contribution in [3.63, 3.8) is 0 Å². The lowest BCUT2D eigenvalue weighted by atomic mass is 10.1. The van der Waals surface area contributed by atoms with Crippen molar-refractivity contribution in [3.05, 3.63) is 59.9 Å². The zero-order valence-corrected chi connectivity index (χ0v) is 10.0. The molecule has 1 heterocycles. The number of carbonyl (C=O) groups is 1. The van der Waals surface area contributed by atoms with Crippen molar-refractivity contribution in [1.82, 2.24) is 4.98 Å². The van der Waals surface area contributed by atoms with Gasteiger partial charge in [0, 0.05) is 6.20 Å². The van der Waals surface area contributed by atoms with Crippen LogP contribution in [0.4, 0.5) is 5.69 Å². The van der Waals surface area contributed by atoms with E-state index in [4.69, 9.17) is 10.5 Å². The maximum atomic E-state index is 11.9. The zero-order valence-electron chi connectivity index (χ0n) is 10.0. The number of benzene rings is 1. The summed E-state index contributed by atoms with van der Waals surface area (Å²) in [7, 11) is 0. The molecule has 0 radical (unpaired) electrons. The average molecular weight is 242 g/mol. The Hall–Kier alpha value is -2.36. The van der Waals surface area contributed by atoms with Gasteiger partial charge in [-0.2, -0.15) is 0 Å². The molecule has 0 bridgehead atoms. The van der Waals surface area contributed by atoms with Crippen molar-refractivity contribution in [1.29, 1.82) is 0 Å². The summed E-state index contributed by atoms with van der Waals surface area (Å²) < 4.78 is 5.32. The van der Waals surface area contributed by atoms with Gasteiger partial charge in [-0.3, -0.25) is 0 Å². The minimum atomic E-state index is -0.510. The topological polar surface area (TPSA) is 65.2 Å². The normalized spacial score (nSPS) is 11.8. The van der Waals surface area contributed by atoms with Crippen LogP contribution in [0.15, 0.2) is 48.7 Å². The lowest BCUT2D eigenvalue weighted by molar-refractivity contribution is 0.0332. The fraction of sp³-hybridized carbons (Fsp3) is 0.143. The van der Waals surface area contributed by atoms with Crippen LogP contribution in [0.3, 0.4) is 0 Å². The van der Waals surface area contributed by atoms with E-state index in [0.29, 0.717) is 5.69 Å². The minimum Gasteiger partial charge on any atom is -0.453 e. The molecule has 4 nitrogen and oxygen atoms in total. The second-order valence-corrected chi connectivity index (χ2v) is 3.90. The smallest absolute Gasteiger partial charge is 0.359 e. The second kappa shape index (κ2) is 5.31. The number of nitrogens with two attached hydrogens (primary N) is 1. The van der Waals surface area contributed by atoms with Gasteiger partial charge in [0.1, 0.15) is 6.10 Å². The number of anilines is 1. The molecule has 92 valence electrons. The molecule has 1 aromatic heterocycles. The molecule has 2 N–H and O–H groups in total. The molecule has 2 aromatic rings. The van der Waals surface area contributed by atoms with E-state index in [1.807, 2.05) is 37.3 Å². The molecule has 1 unspecified atom stereocenters. The van der Waals surface area contributed by atoms with Crippen LogP contribution in [-0.2, 0) is 4.74 Å². The first-order valence-electron chi connectivity index (χ1n) is 5.65. The fourth-order valence-corrected chi connectivity index (χ4v) is 1.60. The number of hydrogen-bond acceptors (Lipinski definition) is 4. The summed E-state index contributed by atoms with van der Waals surface area (Å²) in [4.78, 5) is 15.8. The third-order valence-electron chi connectivity index (χ3n) is 2.59. The summed E-state index contributed by atoms with van der Waals surface area (Å²) in [6.07, 6.45) is 1.18. The van der Waals surface area contributed by atoms with Gasteiger partial charge in [-0.25, -0.2) is 9.78 Å².